The summed E-state index contributed by atoms with van der Waals surface area (Å²) in [4.78, 5) is 11.2. The lowest BCUT2D eigenvalue weighted by Gasteiger charge is -2.10. The summed E-state index contributed by atoms with van der Waals surface area (Å²) in [5.74, 6) is 0.149. The van der Waals surface area contributed by atoms with Crippen molar-refractivity contribution in [3.63, 3.8) is 0 Å². The zero-order valence-electron chi connectivity index (χ0n) is 10.8. The Balaban J connectivity index is 2.12. The molecule has 0 fully saturated rings. The second-order valence-electron chi connectivity index (χ2n) is 4.08. The zero-order valence-corrected chi connectivity index (χ0v) is 13.0. The first-order valence-corrected chi connectivity index (χ1v) is 6.96. The molecule has 0 aliphatic heterocycles. The van der Waals surface area contributed by atoms with E-state index in [9.17, 15) is 4.79 Å². The highest BCUT2D eigenvalue weighted by Crippen LogP contribution is 2.22. The molecule has 0 spiro atoms. The molecule has 0 aliphatic carbocycles. The summed E-state index contributed by atoms with van der Waals surface area (Å²) in [6.45, 7) is 0.310. The maximum absolute atomic E-state index is 11.2. The van der Waals surface area contributed by atoms with Crippen LogP contribution < -0.4 is 9.47 Å². The summed E-state index contributed by atoms with van der Waals surface area (Å²) in [5.41, 5.74) is 1.12. The molecule has 0 unspecified atom stereocenters. The lowest BCUT2D eigenvalue weighted by molar-refractivity contribution is 0.0691. The maximum Gasteiger partial charge on any atom is 0.339 e. The van der Waals surface area contributed by atoms with Gasteiger partial charge < -0.3 is 14.6 Å². The van der Waals surface area contributed by atoms with Gasteiger partial charge in [-0.2, -0.15) is 0 Å². The van der Waals surface area contributed by atoms with Crippen LogP contribution in [-0.2, 0) is 6.61 Å². The van der Waals surface area contributed by atoms with E-state index in [0.717, 1.165) is 14.9 Å². The number of benzene rings is 2. The van der Waals surface area contributed by atoms with E-state index in [4.69, 9.17) is 14.6 Å². The molecular formula is C15H13IO4. The van der Waals surface area contributed by atoms with Gasteiger partial charge in [0.1, 0.15) is 23.7 Å². The number of carboxylic acids is 1. The van der Waals surface area contributed by atoms with Gasteiger partial charge in [-0.15, -0.1) is 0 Å². The number of hydrogen-bond acceptors (Lipinski definition) is 3. The fourth-order valence-corrected chi connectivity index (χ4v) is 2.17. The minimum Gasteiger partial charge on any atom is -0.497 e. The third-order valence-corrected chi connectivity index (χ3v) is 3.40. The Morgan fingerprint density at radius 3 is 2.50 bits per heavy atom. The van der Waals surface area contributed by atoms with Crippen LogP contribution in [0.15, 0.2) is 42.5 Å². The van der Waals surface area contributed by atoms with E-state index in [2.05, 4.69) is 22.6 Å². The van der Waals surface area contributed by atoms with Crippen LogP contribution in [0.25, 0.3) is 0 Å². The maximum atomic E-state index is 11.2. The zero-order chi connectivity index (χ0) is 14.5. The number of halogens is 1. The third-order valence-electron chi connectivity index (χ3n) is 2.73. The normalized spacial score (nSPS) is 10.1. The number of methoxy groups -OCH3 is 1. The summed E-state index contributed by atoms with van der Waals surface area (Å²) in [7, 11) is 1.61. The molecule has 0 heterocycles. The summed E-state index contributed by atoms with van der Waals surface area (Å²) in [6, 6.07) is 12.5. The van der Waals surface area contributed by atoms with E-state index in [1.165, 1.54) is 0 Å². The van der Waals surface area contributed by atoms with Crippen molar-refractivity contribution in [2.75, 3.05) is 7.11 Å². The lowest BCUT2D eigenvalue weighted by atomic mass is 10.2. The van der Waals surface area contributed by atoms with Gasteiger partial charge in [0.2, 0.25) is 0 Å². The van der Waals surface area contributed by atoms with Crippen LogP contribution in [0.5, 0.6) is 11.5 Å². The number of aromatic carboxylic acids is 1. The van der Waals surface area contributed by atoms with Crippen molar-refractivity contribution in [3.05, 3.63) is 57.2 Å². The van der Waals surface area contributed by atoms with Crippen molar-refractivity contribution in [2.45, 2.75) is 6.61 Å². The first-order chi connectivity index (χ1) is 9.60. The highest BCUT2D eigenvalue weighted by molar-refractivity contribution is 14.1. The van der Waals surface area contributed by atoms with Crippen LogP contribution in [0.2, 0.25) is 0 Å². The Morgan fingerprint density at radius 1 is 1.20 bits per heavy atom. The molecule has 2 rings (SSSR count). The van der Waals surface area contributed by atoms with Crippen molar-refractivity contribution in [2.24, 2.45) is 0 Å². The van der Waals surface area contributed by atoms with E-state index in [0.29, 0.717) is 12.4 Å². The monoisotopic (exact) mass is 384 g/mol. The van der Waals surface area contributed by atoms with Crippen molar-refractivity contribution in [3.8, 4) is 11.5 Å². The van der Waals surface area contributed by atoms with Crippen LogP contribution in [-0.4, -0.2) is 18.2 Å². The van der Waals surface area contributed by atoms with E-state index in [-0.39, 0.29) is 5.56 Å². The smallest absolute Gasteiger partial charge is 0.339 e. The molecule has 0 atom stereocenters. The van der Waals surface area contributed by atoms with E-state index >= 15 is 0 Å². The highest BCUT2D eigenvalue weighted by Gasteiger charge is 2.11. The van der Waals surface area contributed by atoms with Crippen molar-refractivity contribution >= 4 is 28.6 Å². The summed E-state index contributed by atoms with van der Waals surface area (Å²) in [5, 5.41) is 9.16. The SMILES string of the molecule is COc1ccc(COc2ccc(I)cc2C(=O)O)cc1. The van der Waals surface area contributed by atoms with E-state index < -0.39 is 5.97 Å². The predicted octanol–water partition coefficient (Wildman–Crippen LogP) is 3.58. The van der Waals surface area contributed by atoms with Gasteiger partial charge >= 0.3 is 5.97 Å². The van der Waals surface area contributed by atoms with Crippen LogP contribution in [0.4, 0.5) is 0 Å². The average Bonchev–Trinajstić information content (AvgIpc) is 2.46. The molecule has 20 heavy (non-hydrogen) atoms. The van der Waals surface area contributed by atoms with Crippen LogP contribution in [0, 0.1) is 3.57 Å². The Bertz CT molecular complexity index is 608. The second-order valence-corrected chi connectivity index (χ2v) is 5.33. The molecule has 4 nitrogen and oxygen atoms in total. The van der Waals surface area contributed by atoms with Crippen molar-refractivity contribution in [1.82, 2.24) is 0 Å². The molecule has 2 aromatic rings. The van der Waals surface area contributed by atoms with Crippen LogP contribution in [0.1, 0.15) is 15.9 Å². The van der Waals surface area contributed by atoms with Crippen LogP contribution >= 0.6 is 22.6 Å². The molecule has 2 aromatic carbocycles. The largest absolute Gasteiger partial charge is 0.497 e. The number of hydrogen-bond donors (Lipinski definition) is 1. The topological polar surface area (TPSA) is 55.8 Å². The van der Waals surface area contributed by atoms with Gasteiger partial charge in [-0.1, -0.05) is 12.1 Å². The first-order valence-electron chi connectivity index (χ1n) is 5.88. The Kier molecular flexibility index (Phi) is 4.84. The summed E-state index contributed by atoms with van der Waals surface area (Å²) < 4.78 is 11.5. The third kappa shape index (κ3) is 3.63. The minimum absolute atomic E-state index is 0.172. The molecule has 1 N–H and O–H groups in total. The molecule has 0 saturated heterocycles. The number of rotatable bonds is 5. The first kappa shape index (κ1) is 14.6. The molecule has 5 heteroatoms. The summed E-state index contributed by atoms with van der Waals surface area (Å²) >= 11 is 2.07. The molecular weight excluding hydrogens is 371 g/mol. The van der Waals surface area contributed by atoms with Gasteiger partial charge in [-0.3, -0.25) is 0 Å². The Hall–Kier alpha value is -1.76. The Morgan fingerprint density at radius 2 is 1.90 bits per heavy atom. The number of ether oxygens (including phenoxy) is 2. The van der Waals surface area contributed by atoms with Crippen molar-refractivity contribution < 1.29 is 19.4 Å². The van der Waals surface area contributed by atoms with Gasteiger partial charge in [0.05, 0.1) is 7.11 Å². The minimum atomic E-state index is -0.992. The fraction of sp³-hybridized carbons (Fsp3) is 0.133. The lowest BCUT2D eigenvalue weighted by Crippen LogP contribution is -2.03. The van der Waals surface area contributed by atoms with Gasteiger partial charge in [-0.05, 0) is 58.5 Å². The number of carbonyl (C=O) groups is 1. The van der Waals surface area contributed by atoms with Gasteiger partial charge in [0.15, 0.2) is 0 Å². The van der Waals surface area contributed by atoms with Gasteiger partial charge in [0, 0.05) is 3.57 Å². The molecule has 0 bridgehead atoms. The standard InChI is InChI=1S/C15H13IO4/c1-19-12-5-2-10(3-6-12)9-20-14-7-4-11(16)8-13(14)15(17)18/h2-8H,9H2,1H3,(H,17,18). The number of carboxylic acid groups (broad SMARTS) is 1. The molecule has 0 radical (unpaired) electrons. The van der Waals surface area contributed by atoms with Gasteiger partial charge in [0.25, 0.3) is 0 Å². The molecule has 0 aliphatic rings. The fourth-order valence-electron chi connectivity index (χ4n) is 1.68. The second kappa shape index (κ2) is 6.60. The highest BCUT2D eigenvalue weighted by atomic mass is 127. The van der Waals surface area contributed by atoms with E-state index in [1.54, 1.807) is 19.2 Å². The van der Waals surface area contributed by atoms with Gasteiger partial charge in [-0.25, -0.2) is 4.79 Å². The molecule has 0 aromatic heterocycles. The summed E-state index contributed by atoms with van der Waals surface area (Å²) in [6.07, 6.45) is 0. The van der Waals surface area contributed by atoms with E-state index in [1.807, 2.05) is 30.3 Å². The Labute approximate surface area is 130 Å². The predicted molar refractivity (Wildman–Crippen MR) is 83.4 cm³/mol. The quantitative estimate of drug-likeness (QED) is 0.801. The molecule has 104 valence electrons. The molecule has 0 saturated carbocycles. The average molecular weight is 384 g/mol. The van der Waals surface area contributed by atoms with Crippen molar-refractivity contribution in [1.29, 1.82) is 0 Å². The molecule has 0 amide bonds. The van der Waals surface area contributed by atoms with Crippen LogP contribution in [0.3, 0.4) is 0 Å².